The van der Waals surface area contributed by atoms with Crippen molar-refractivity contribution in [3.63, 3.8) is 0 Å². The van der Waals surface area contributed by atoms with Crippen LogP contribution in [-0.4, -0.2) is 29.6 Å². The summed E-state index contributed by atoms with van der Waals surface area (Å²) in [6, 6.07) is 9.29. The number of halogens is 1. The minimum atomic E-state index is 0.220. The van der Waals surface area contributed by atoms with Crippen LogP contribution in [0, 0.1) is 0 Å². The second kappa shape index (κ2) is 5.72. The molecule has 2 rings (SSSR count). The van der Waals surface area contributed by atoms with Crippen LogP contribution in [0.5, 0.6) is 0 Å². The van der Waals surface area contributed by atoms with Crippen LogP contribution in [0.3, 0.4) is 0 Å². The van der Waals surface area contributed by atoms with Crippen LogP contribution in [0.2, 0.25) is 0 Å². The molecule has 1 fully saturated rings. The first kappa shape index (κ1) is 14.0. The molecule has 1 atom stereocenters. The lowest BCUT2D eigenvalue weighted by molar-refractivity contribution is 0.0858. The van der Waals surface area contributed by atoms with Crippen molar-refractivity contribution >= 4 is 15.9 Å². The maximum absolute atomic E-state index is 3.64. The summed E-state index contributed by atoms with van der Waals surface area (Å²) in [5.41, 5.74) is 1.61. The highest BCUT2D eigenvalue weighted by Gasteiger charge is 2.31. The second-order valence-corrected chi connectivity index (χ2v) is 6.78. The van der Waals surface area contributed by atoms with Crippen LogP contribution in [0.25, 0.3) is 0 Å². The Hall–Kier alpha value is -0.380. The Morgan fingerprint density at radius 3 is 2.89 bits per heavy atom. The van der Waals surface area contributed by atoms with E-state index >= 15 is 0 Å². The third kappa shape index (κ3) is 3.56. The molecule has 0 aliphatic carbocycles. The molecule has 0 spiro atoms. The van der Waals surface area contributed by atoms with Gasteiger partial charge >= 0.3 is 0 Å². The van der Waals surface area contributed by atoms with Gasteiger partial charge in [-0.1, -0.05) is 35.0 Å². The van der Waals surface area contributed by atoms with E-state index in [1.807, 2.05) is 0 Å². The molecule has 1 saturated heterocycles. The van der Waals surface area contributed by atoms with Gasteiger partial charge in [0.1, 0.15) is 0 Å². The maximum atomic E-state index is 3.64. The summed E-state index contributed by atoms with van der Waals surface area (Å²) in [7, 11) is 0. The Morgan fingerprint density at radius 2 is 2.22 bits per heavy atom. The molecule has 2 nitrogen and oxygen atoms in total. The summed E-state index contributed by atoms with van der Waals surface area (Å²) in [4.78, 5) is 2.61. The van der Waals surface area contributed by atoms with E-state index in [1.54, 1.807) is 0 Å². The van der Waals surface area contributed by atoms with Crippen molar-refractivity contribution in [1.29, 1.82) is 0 Å². The number of nitrogens with zero attached hydrogens (tertiary/aromatic N) is 1. The fraction of sp³-hybridized carbons (Fsp3) is 0.600. The maximum Gasteiger partial charge on any atom is 0.0253 e. The molecule has 0 radical (unpaired) electrons. The number of nitrogens with one attached hydrogen (secondary N) is 1. The average Bonchev–Trinajstić information content (AvgIpc) is 2.28. The SMILES string of the molecule is CCC1CNC(C)(C)CN1Cc1cccc(Br)c1. The molecule has 0 aromatic heterocycles. The Labute approximate surface area is 119 Å². The van der Waals surface area contributed by atoms with Crippen molar-refractivity contribution in [2.45, 2.75) is 45.3 Å². The van der Waals surface area contributed by atoms with Crippen LogP contribution in [0.1, 0.15) is 32.8 Å². The van der Waals surface area contributed by atoms with Crippen molar-refractivity contribution in [3.8, 4) is 0 Å². The first-order chi connectivity index (χ1) is 8.50. The number of rotatable bonds is 3. The molecule has 18 heavy (non-hydrogen) atoms. The summed E-state index contributed by atoms with van der Waals surface area (Å²) in [6.45, 7) is 10.1. The normalized spacial score (nSPS) is 24.1. The molecule has 1 aromatic rings. The van der Waals surface area contributed by atoms with Crippen molar-refractivity contribution in [2.75, 3.05) is 13.1 Å². The van der Waals surface area contributed by atoms with E-state index in [9.17, 15) is 0 Å². The van der Waals surface area contributed by atoms with Gasteiger partial charge in [0, 0.05) is 35.7 Å². The predicted molar refractivity (Wildman–Crippen MR) is 80.7 cm³/mol. The molecule has 1 N–H and O–H groups in total. The van der Waals surface area contributed by atoms with E-state index < -0.39 is 0 Å². The number of hydrogen-bond acceptors (Lipinski definition) is 2. The Kier molecular flexibility index (Phi) is 4.46. The molecule has 1 aromatic carbocycles. The summed E-state index contributed by atoms with van der Waals surface area (Å²) >= 11 is 3.55. The predicted octanol–water partition coefficient (Wildman–Crippen LogP) is 3.41. The summed E-state index contributed by atoms with van der Waals surface area (Å²) in [5.74, 6) is 0. The molecule has 1 heterocycles. The lowest BCUT2D eigenvalue weighted by Gasteiger charge is -2.44. The van der Waals surface area contributed by atoms with Gasteiger partial charge in [-0.2, -0.15) is 0 Å². The van der Waals surface area contributed by atoms with Gasteiger partial charge in [0.05, 0.1) is 0 Å². The number of piperazine rings is 1. The molecule has 0 bridgehead atoms. The third-order valence-corrected chi connectivity index (χ3v) is 4.17. The molecule has 100 valence electrons. The highest BCUT2D eigenvalue weighted by atomic mass is 79.9. The van der Waals surface area contributed by atoms with E-state index in [1.165, 1.54) is 16.5 Å². The molecule has 0 saturated carbocycles. The minimum absolute atomic E-state index is 0.220. The van der Waals surface area contributed by atoms with E-state index in [0.29, 0.717) is 6.04 Å². The van der Waals surface area contributed by atoms with Crippen molar-refractivity contribution < 1.29 is 0 Å². The van der Waals surface area contributed by atoms with Crippen molar-refractivity contribution in [3.05, 3.63) is 34.3 Å². The highest BCUT2D eigenvalue weighted by Crippen LogP contribution is 2.21. The van der Waals surface area contributed by atoms with Crippen LogP contribution >= 0.6 is 15.9 Å². The fourth-order valence-electron chi connectivity index (χ4n) is 2.67. The third-order valence-electron chi connectivity index (χ3n) is 3.68. The molecular formula is C15H23BrN2. The Morgan fingerprint density at radius 1 is 1.44 bits per heavy atom. The monoisotopic (exact) mass is 310 g/mol. The zero-order valence-corrected chi connectivity index (χ0v) is 13.1. The zero-order chi connectivity index (χ0) is 13.2. The Bertz CT molecular complexity index is 403. The van der Waals surface area contributed by atoms with Gasteiger partial charge in [-0.05, 0) is 38.0 Å². The minimum Gasteiger partial charge on any atom is -0.309 e. The average molecular weight is 311 g/mol. The van der Waals surface area contributed by atoms with Gasteiger partial charge < -0.3 is 5.32 Å². The van der Waals surface area contributed by atoms with E-state index in [2.05, 4.69) is 71.2 Å². The molecule has 1 aliphatic heterocycles. The molecule has 1 unspecified atom stereocenters. The van der Waals surface area contributed by atoms with Crippen LogP contribution in [-0.2, 0) is 6.54 Å². The van der Waals surface area contributed by atoms with Gasteiger partial charge in [-0.3, -0.25) is 4.90 Å². The van der Waals surface area contributed by atoms with E-state index in [-0.39, 0.29) is 5.54 Å². The van der Waals surface area contributed by atoms with Gasteiger partial charge in [0.25, 0.3) is 0 Å². The van der Waals surface area contributed by atoms with Gasteiger partial charge in [-0.15, -0.1) is 0 Å². The van der Waals surface area contributed by atoms with E-state index in [0.717, 1.165) is 19.6 Å². The van der Waals surface area contributed by atoms with Crippen LogP contribution in [0.15, 0.2) is 28.7 Å². The molecule has 3 heteroatoms. The topological polar surface area (TPSA) is 15.3 Å². The standard InChI is InChI=1S/C15H23BrN2/c1-4-14-9-17-15(2,3)11-18(14)10-12-6-5-7-13(16)8-12/h5-8,14,17H,4,9-11H2,1-3H3. The summed E-state index contributed by atoms with van der Waals surface area (Å²) < 4.78 is 1.17. The molecule has 1 aliphatic rings. The number of benzene rings is 1. The van der Waals surface area contributed by atoms with Gasteiger partial charge in [-0.25, -0.2) is 0 Å². The first-order valence-corrected chi connectivity index (χ1v) is 7.53. The van der Waals surface area contributed by atoms with Crippen LogP contribution in [0.4, 0.5) is 0 Å². The Balaban J connectivity index is 2.09. The largest absolute Gasteiger partial charge is 0.309 e. The zero-order valence-electron chi connectivity index (χ0n) is 11.5. The number of hydrogen-bond donors (Lipinski definition) is 1. The first-order valence-electron chi connectivity index (χ1n) is 6.74. The second-order valence-electron chi connectivity index (χ2n) is 5.86. The highest BCUT2D eigenvalue weighted by molar-refractivity contribution is 9.10. The van der Waals surface area contributed by atoms with Crippen molar-refractivity contribution in [1.82, 2.24) is 10.2 Å². The fourth-order valence-corrected chi connectivity index (χ4v) is 3.12. The van der Waals surface area contributed by atoms with Gasteiger partial charge in [0.2, 0.25) is 0 Å². The van der Waals surface area contributed by atoms with Gasteiger partial charge in [0.15, 0.2) is 0 Å². The summed E-state index contributed by atoms with van der Waals surface area (Å²) in [6.07, 6.45) is 1.21. The van der Waals surface area contributed by atoms with Crippen molar-refractivity contribution in [2.24, 2.45) is 0 Å². The molecule has 0 amide bonds. The quantitative estimate of drug-likeness (QED) is 0.920. The molecular weight excluding hydrogens is 288 g/mol. The van der Waals surface area contributed by atoms with E-state index in [4.69, 9.17) is 0 Å². The summed E-state index contributed by atoms with van der Waals surface area (Å²) in [5, 5.41) is 3.64. The van der Waals surface area contributed by atoms with Crippen LogP contribution < -0.4 is 5.32 Å². The lowest BCUT2D eigenvalue weighted by Crippen LogP contribution is -2.60. The lowest BCUT2D eigenvalue weighted by atomic mass is 9.97. The smallest absolute Gasteiger partial charge is 0.0253 e.